The van der Waals surface area contributed by atoms with Crippen LogP contribution in [0.25, 0.3) is 0 Å². The molecule has 1 aromatic rings. The maximum Gasteiger partial charge on any atom is 0.411 e. The molecule has 6 nitrogen and oxygen atoms in total. The molecule has 0 bridgehead atoms. The van der Waals surface area contributed by atoms with Gasteiger partial charge in [0.2, 0.25) is 0 Å². The van der Waals surface area contributed by atoms with E-state index in [0.717, 1.165) is 5.56 Å². The number of hydrogen-bond acceptors (Lipinski definition) is 4. The van der Waals surface area contributed by atoms with Crippen LogP contribution in [0.5, 0.6) is 5.75 Å². The van der Waals surface area contributed by atoms with E-state index >= 15 is 0 Å². The lowest BCUT2D eigenvalue weighted by Gasteiger charge is -2.31. The fourth-order valence-corrected chi connectivity index (χ4v) is 2.42. The van der Waals surface area contributed by atoms with Gasteiger partial charge in [0.05, 0.1) is 7.11 Å². The molecule has 1 aromatic carbocycles. The summed E-state index contributed by atoms with van der Waals surface area (Å²) in [7, 11) is 1.57. The van der Waals surface area contributed by atoms with E-state index in [0.29, 0.717) is 25.0 Å². The quantitative estimate of drug-likeness (QED) is 0.524. The van der Waals surface area contributed by atoms with Crippen LogP contribution in [0.15, 0.2) is 36.9 Å². The maximum absolute atomic E-state index is 12.7. The number of benzene rings is 1. The summed E-state index contributed by atoms with van der Waals surface area (Å²) in [5.74, 6) is -0.355. The molecule has 0 saturated heterocycles. The van der Waals surface area contributed by atoms with Gasteiger partial charge in [0.15, 0.2) is 0 Å². The highest BCUT2D eigenvalue weighted by molar-refractivity contribution is 5.80. The highest BCUT2D eigenvalue weighted by Gasteiger charge is 2.32. The van der Waals surface area contributed by atoms with Crippen LogP contribution >= 0.6 is 0 Å². The van der Waals surface area contributed by atoms with Crippen molar-refractivity contribution in [2.24, 2.45) is 0 Å². The van der Waals surface area contributed by atoms with E-state index in [-0.39, 0.29) is 6.54 Å². The number of allylic oxidation sites excluding steroid dienone is 1. The molecule has 0 saturated carbocycles. The predicted molar refractivity (Wildman–Crippen MR) is 100 cm³/mol. The molecule has 1 rings (SSSR count). The number of methoxy groups -OCH3 is 1. The normalized spacial score (nSPS) is 12.2. The van der Waals surface area contributed by atoms with Crippen LogP contribution < -0.4 is 4.74 Å². The van der Waals surface area contributed by atoms with E-state index < -0.39 is 23.7 Å². The highest BCUT2D eigenvalue weighted by atomic mass is 16.6. The van der Waals surface area contributed by atoms with E-state index in [1.54, 1.807) is 58.2 Å². The van der Waals surface area contributed by atoms with E-state index in [2.05, 4.69) is 6.58 Å². The standard InChI is InChI=1S/C20H29NO5/c1-6-7-8-9-17(18(22)23)21(19(24)26-20(2,3)4)14-15-10-12-16(25-5)13-11-15/h6,10-13,17H,1,7-9,14H2,2-5H3,(H,22,23)/t17-/m0/s1. The van der Waals surface area contributed by atoms with Crippen LogP contribution in [-0.4, -0.2) is 40.8 Å². The summed E-state index contributed by atoms with van der Waals surface area (Å²) in [5, 5.41) is 9.66. The fraction of sp³-hybridized carbons (Fsp3) is 0.500. The Morgan fingerprint density at radius 1 is 1.27 bits per heavy atom. The SMILES string of the molecule is C=CCCC[C@@H](C(=O)O)N(Cc1ccc(OC)cc1)C(=O)OC(C)(C)C. The average Bonchev–Trinajstić information content (AvgIpc) is 2.56. The molecule has 0 aliphatic carbocycles. The fourth-order valence-electron chi connectivity index (χ4n) is 2.42. The Labute approximate surface area is 155 Å². The zero-order valence-electron chi connectivity index (χ0n) is 16.0. The number of rotatable bonds is 9. The number of amides is 1. The van der Waals surface area contributed by atoms with E-state index in [1.807, 2.05) is 0 Å². The number of carbonyl (C=O) groups excluding carboxylic acids is 1. The van der Waals surface area contributed by atoms with Crippen molar-refractivity contribution in [3.8, 4) is 5.75 Å². The Balaban J connectivity index is 3.06. The average molecular weight is 363 g/mol. The van der Waals surface area contributed by atoms with Crippen LogP contribution in [0.4, 0.5) is 4.79 Å². The number of carbonyl (C=O) groups is 2. The Kier molecular flexibility index (Phi) is 8.16. The third kappa shape index (κ3) is 7.17. The Bertz CT molecular complexity index is 604. The van der Waals surface area contributed by atoms with Crippen molar-refractivity contribution in [3.05, 3.63) is 42.5 Å². The summed E-state index contributed by atoms with van der Waals surface area (Å²) in [6, 6.07) is 6.19. The van der Waals surface area contributed by atoms with Gasteiger partial charge in [-0.15, -0.1) is 6.58 Å². The number of aliphatic carboxylic acids is 1. The number of carboxylic acids is 1. The van der Waals surface area contributed by atoms with E-state index in [9.17, 15) is 14.7 Å². The van der Waals surface area contributed by atoms with E-state index in [4.69, 9.17) is 9.47 Å². The van der Waals surface area contributed by atoms with Crippen molar-refractivity contribution >= 4 is 12.1 Å². The van der Waals surface area contributed by atoms with Gasteiger partial charge in [-0.2, -0.15) is 0 Å². The predicted octanol–water partition coefficient (Wildman–Crippen LogP) is 4.24. The Morgan fingerprint density at radius 2 is 1.88 bits per heavy atom. The summed E-state index contributed by atoms with van der Waals surface area (Å²) in [4.78, 5) is 25.7. The third-order valence-electron chi connectivity index (χ3n) is 3.69. The van der Waals surface area contributed by atoms with Gasteiger partial charge in [-0.05, 0) is 57.7 Å². The largest absolute Gasteiger partial charge is 0.497 e. The van der Waals surface area contributed by atoms with Crippen LogP contribution in [-0.2, 0) is 16.1 Å². The molecular weight excluding hydrogens is 334 g/mol. The first-order chi connectivity index (χ1) is 12.2. The lowest BCUT2D eigenvalue weighted by molar-refractivity contribution is -0.143. The number of hydrogen-bond donors (Lipinski definition) is 1. The molecule has 6 heteroatoms. The van der Waals surface area contributed by atoms with Crippen molar-refractivity contribution in [1.29, 1.82) is 0 Å². The molecule has 1 atom stereocenters. The summed E-state index contributed by atoms with van der Waals surface area (Å²) in [6.45, 7) is 9.05. The van der Waals surface area contributed by atoms with Crippen LogP contribution in [0.2, 0.25) is 0 Å². The minimum atomic E-state index is -1.05. The zero-order valence-corrected chi connectivity index (χ0v) is 16.0. The molecule has 1 amide bonds. The number of nitrogens with zero attached hydrogens (tertiary/aromatic N) is 1. The van der Waals surface area contributed by atoms with Crippen molar-refractivity contribution in [2.75, 3.05) is 7.11 Å². The molecule has 0 aliphatic rings. The van der Waals surface area contributed by atoms with Crippen LogP contribution in [0.3, 0.4) is 0 Å². The minimum absolute atomic E-state index is 0.143. The first-order valence-corrected chi connectivity index (χ1v) is 8.64. The van der Waals surface area contributed by atoms with Gasteiger partial charge in [0.25, 0.3) is 0 Å². The number of ether oxygens (including phenoxy) is 2. The summed E-state index contributed by atoms with van der Waals surface area (Å²) in [6.07, 6.45) is 2.74. The molecule has 0 aromatic heterocycles. The van der Waals surface area contributed by atoms with Crippen LogP contribution in [0, 0.1) is 0 Å². The molecule has 144 valence electrons. The Hall–Kier alpha value is -2.50. The molecule has 0 spiro atoms. The molecule has 0 radical (unpaired) electrons. The van der Waals surface area contributed by atoms with Crippen molar-refractivity contribution in [1.82, 2.24) is 4.90 Å². The van der Waals surface area contributed by atoms with Gasteiger partial charge in [0.1, 0.15) is 17.4 Å². The molecule has 0 fully saturated rings. The van der Waals surface area contributed by atoms with Gasteiger partial charge in [-0.1, -0.05) is 18.2 Å². The second-order valence-corrected chi connectivity index (χ2v) is 7.03. The highest BCUT2D eigenvalue weighted by Crippen LogP contribution is 2.20. The molecule has 0 heterocycles. The van der Waals surface area contributed by atoms with Crippen LogP contribution in [0.1, 0.15) is 45.6 Å². The Morgan fingerprint density at radius 3 is 2.35 bits per heavy atom. The second-order valence-electron chi connectivity index (χ2n) is 7.03. The smallest absolute Gasteiger partial charge is 0.411 e. The summed E-state index contributed by atoms with van der Waals surface area (Å²) in [5.41, 5.74) is 0.0889. The zero-order chi connectivity index (χ0) is 19.7. The molecule has 0 unspecified atom stereocenters. The van der Waals surface area contributed by atoms with E-state index in [1.165, 1.54) is 4.90 Å². The summed E-state index contributed by atoms with van der Waals surface area (Å²) < 4.78 is 10.6. The van der Waals surface area contributed by atoms with Crippen molar-refractivity contribution in [2.45, 2.75) is 58.2 Å². The lowest BCUT2D eigenvalue weighted by Crippen LogP contribution is -2.46. The monoisotopic (exact) mass is 363 g/mol. The summed E-state index contributed by atoms with van der Waals surface area (Å²) >= 11 is 0. The molecule has 1 N–H and O–H groups in total. The van der Waals surface area contributed by atoms with Gasteiger partial charge < -0.3 is 14.6 Å². The topological polar surface area (TPSA) is 76.1 Å². The third-order valence-corrected chi connectivity index (χ3v) is 3.69. The van der Waals surface area contributed by atoms with Crippen molar-refractivity contribution < 1.29 is 24.2 Å². The van der Waals surface area contributed by atoms with Gasteiger partial charge in [0, 0.05) is 6.54 Å². The molecule has 26 heavy (non-hydrogen) atoms. The minimum Gasteiger partial charge on any atom is -0.497 e. The number of unbranched alkanes of at least 4 members (excludes halogenated alkanes) is 1. The number of carboxylic acid groups (broad SMARTS) is 1. The lowest BCUT2D eigenvalue weighted by atomic mass is 10.1. The van der Waals surface area contributed by atoms with Gasteiger partial charge >= 0.3 is 12.1 Å². The first-order valence-electron chi connectivity index (χ1n) is 8.64. The van der Waals surface area contributed by atoms with Gasteiger partial charge in [-0.25, -0.2) is 9.59 Å². The second kappa shape index (κ2) is 9.85. The molecule has 0 aliphatic heterocycles. The van der Waals surface area contributed by atoms with Crippen molar-refractivity contribution in [3.63, 3.8) is 0 Å². The maximum atomic E-state index is 12.7. The molecular formula is C20H29NO5. The first kappa shape index (κ1) is 21.5. The van der Waals surface area contributed by atoms with Gasteiger partial charge in [-0.3, -0.25) is 4.90 Å².